The zero-order chi connectivity index (χ0) is 21.4. The van der Waals surface area contributed by atoms with E-state index in [2.05, 4.69) is 25.7 Å². The zero-order valence-corrected chi connectivity index (χ0v) is 20.9. The summed E-state index contributed by atoms with van der Waals surface area (Å²) in [4.78, 5) is 2.64. The molecule has 1 unspecified atom stereocenters. The molecule has 0 heterocycles. The molecule has 0 bridgehead atoms. The fourth-order valence-electron chi connectivity index (χ4n) is 4.35. The first-order chi connectivity index (χ1) is 14.2. The third kappa shape index (κ3) is 24.1. The Balaban J connectivity index is 3.55. The molecule has 2 heteroatoms. The fourth-order valence-corrected chi connectivity index (χ4v) is 4.35. The standard InChI is InChI=1S/C27H58N2/c1-4-6-8-10-12-14-16-18-20-22-24-29(26-27(3)28)25-23-21-19-17-15-13-11-9-7-5-2/h27H,4-26,28H2,1-3H3. The van der Waals surface area contributed by atoms with Crippen LogP contribution in [-0.2, 0) is 0 Å². The molecule has 0 aliphatic carbocycles. The predicted molar refractivity (Wildman–Crippen MR) is 134 cm³/mol. The van der Waals surface area contributed by atoms with Gasteiger partial charge in [-0.3, -0.25) is 0 Å². The van der Waals surface area contributed by atoms with E-state index in [4.69, 9.17) is 5.73 Å². The lowest BCUT2D eigenvalue weighted by Crippen LogP contribution is -2.36. The lowest BCUT2D eigenvalue weighted by Gasteiger charge is -2.24. The van der Waals surface area contributed by atoms with Gasteiger partial charge in [-0.15, -0.1) is 0 Å². The molecule has 0 rings (SSSR count). The van der Waals surface area contributed by atoms with Gasteiger partial charge in [0.2, 0.25) is 0 Å². The minimum absolute atomic E-state index is 0.307. The maximum atomic E-state index is 6.09. The van der Waals surface area contributed by atoms with Crippen LogP contribution in [0.15, 0.2) is 0 Å². The molecule has 176 valence electrons. The van der Waals surface area contributed by atoms with Crippen LogP contribution < -0.4 is 5.73 Å². The Morgan fingerprint density at radius 3 is 1.03 bits per heavy atom. The molecule has 2 N–H and O–H groups in total. The van der Waals surface area contributed by atoms with Gasteiger partial charge in [0.1, 0.15) is 0 Å². The third-order valence-corrected chi connectivity index (χ3v) is 6.20. The Morgan fingerprint density at radius 2 is 0.759 bits per heavy atom. The zero-order valence-electron chi connectivity index (χ0n) is 20.9. The number of nitrogens with zero attached hydrogens (tertiary/aromatic N) is 1. The van der Waals surface area contributed by atoms with Crippen LogP contribution in [0, 0.1) is 0 Å². The Labute approximate surface area is 185 Å². The minimum Gasteiger partial charge on any atom is -0.327 e. The average Bonchev–Trinajstić information content (AvgIpc) is 2.70. The lowest BCUT2D eigenvalue weighted by molar-refractivity contribution is 0.249. The molecule has 0 amide bonds. The highest BCUT2D eigenvalue weighted by molar-refractivity contribution is 4.65. The highest BCUT2D eigenvalue weighted by atomic mass is 15.1. The van der Waals surface area contributed by atoms with Gasteiger partial charge in [0, 0.05) is 12.6 Å². The van der Waals surface area contributed by atoms with E-state index in [-0.39, 0.29) is 0 Å². The molecule has 0 radical (unpaired) electrons. The molecule has 0 saturated carbocycles. The van der Waals surface area contributed by atoms with E-state index in [0.29, 0.717) is 6.04 Å². The SMILES string of the molecule is CCCCCCCCCCCCN(CCCCCCCCCCCC)CC(C)N. The molecular formula is C27H58N2. The van der Waals surface area contributed by atoms with Gasteiger partial charge in [0.25, 0.3) is 0 Å². The summed E-state index contributed by atoms with van der Waals surface area (Å²) in [5.74, 6) is 0. The van der Waals surface area contributed by atoms with Crippen LogP contribution in [0.2, 0.25) is 0 Å². The van der Waals surface area contributed by atoms with Crippen LogP contribution in [0.4, 0.5) is 0 Å². The van der Waals surface area contributed by atoms with E-state index in [9.17, 15) is 0 Å². The molecule has 1 atom stereocenters. The van der Waals surface area contributed by atoms with Gasteiger partial charge in [-0.25, -0.2) is 0 Å². The van der Waals surface area contributed by atoms with Crippen LogP contribution >= 0.6 is 0 Å². The monoisotopic (exact) mass is 410 g/mol. The van der Waals surface area contributed by atoms with Crippen LogP contribution in [0.5, 0.6) is 0 Å². The van der Waals surface area contributed by atoms with E-state index in [1.807, 2.05) is 0 Å². The smallest absolute Gasteiger partial charge is 0.0139 e. The average molecular weight is 411 g/mol. The minimum atomic E-state index is 0.307. The first-order valence-electron chi connectivity index (χ1n) is 13.7. The summed E-state index contributed by atoms with van der Waals surface area (Å²) in [6.45, 7) is 10.3. The molecule has 0 aliphatic heterocycles. The molecule has 2 nitrogen and oxygen atoms in total. The first-order valence-corrected chi connectivity index (χ1v) is 13.7. The number of rotatable bonds is 24. The Kier molecular flexibility index (Phi) is 24.1. The molecular weight excluding hydrogens is 352 g/mol. The largest absolute Gasteiger partial charge is 0.327 e. The summed E-state index contributed by atoms with van der Waals surface area (Å²) in [5.41, 5.74) is 6.09. The maximum Gasteiger partial charge on any atom is 0.0139 e. The van der Waals surface area contributed by atoms with E-state index in [1.54, 1.807) is 0 Å². The van der Waals surface area contributed by atoms with Crippen molar-refractivity contribution in [2.24, 2.45) is 5.73 Å². The van der Waals surface area contributed by atoms with Crippen molar-refractivity contribution in [2.75, 3.05) is 19.6 Å². The molecule has 0 aliphatic rings. The molecule has 0 fully saturated rings. The highest BCUT2D eigenvalue weighted by Crippen LogP contribution is 2.13. The normalized spacial score (nSPS) is 12.7. The van der Waals surface area contributed by atoms with Crippen LogP contribution in [0.3, 0.4) is 0 Å². The second kappa shape index (κ2) is 24.2. The van der Waals surface area contributed by atoms with Gasteiger partial charge in [0.05, 0.1) is 0 Å². The molecule has 29 heavy (non-hydrogen) atoms. The van der Waals surface area contributed by atoms with Gasteiger partial charge in [-0.05, 0) is 32.9 Å². The number of hydrogen-bond donors (Lipinski definition) is 1. The van der Waals surface area contributed by atoms with Crippen molar-refractivity contribution in [1.82, 2.24) is 4.90 Å². The predicted octanol–water partition coefficient (Wildman–Crippen LogP) is 8.48. The van der Waals surface area contributed by atoms with Gasteiger partial charge in [0.15, 0.2) is 0 Å². The van der Waals surface area contributed by atoms with Gasteiger partial charge < -0.3 is 10.6 Å². The summed E-state index contributed by atoms with van der Waals surface area (Å²) in [6, 6.07) is 0.307. The lowest BCUT2D eigenvalue weighted by atomic mass is 10.1. The van der Waals surface area contributed by atoms with Gasteiger partial charge >= 0.3 is 0 Å². The second-order valence-electron chi connectivity index (χ2n) is 9.64. The van der Waals surface area contributed by atoms with Crippen molar-refractivity contribution >= 4 is 0 Å². The van der Waals surface area contributed by atoms with Crippen molar-refractivity contribution in [1.29, 1.82) is 0 Å². The van der Waals surface area contributed by atoms with Gasteiger partial charge in [-0.1, -0.05) is 129 Å². The summed E-state index contributed by atoms with van der Waals surface area (Å²) < 4.78 is 0. The number of unbranched alkanes of at least 4 members (excludes halogenated alkanes) is 18. The van der Waals surface area contributed by atoms with Crippen molar-refractivity contribution in [3.63, 3.8) is 0 Å². The molecule has 0 spiro atoms. The number of hydrogen-bond acceptors (Lipinski definition) is 2. The molecule has 0 saturated heterocycles. The Hall–Kier alpha value is -0.0800. The second-order valence-corrected chi connectivity index (χ2v) is 9.64. The quantitative estimate of drug-likeness (QED) is 0.162. The van der Waals surface area contributed by atoms with E-state index >= 15 is 0 Å². The molecule has 0 aromatic rings. The molecule has 0 aromatic heterocycles. The highest BCUT2D eigenvalue weighted by Gasteiger charge is 2.07. The van der Waals surface area contributed by atoms with E-state index in [0.717, 1.165) is 6.54 Å². The van der Waals surface area contributed by atoms with Crippen molar-refractivity contribution in [3.8, 4) is 0 Å². The molecule has 0 aromatic carbocycles. The third-order valence-electron chi connectivity index (χ3n) is 6.20. The summed E-state index contributed by atoms with van der Waals surface area (Å²) in [6.07, 6.45) is 28.4. The van der Waals surface area contributed by atoms with Crippen molar-refractivity contribution < 1.29 is 0 Å². The Morgan fingerprint density at radius 1 is 0.483 bits per heavy atom. The Bertz CT molecular complexity index is 266. The topological polar surface area (TPSA) is 29.3 Å². The number of nitrogens with two attached hydrogens (primary N) is 1. The summed E-state index contributed by atoms with van der Waals surface area (Å²) in [5, 5.41) is 0. The summed E-state index contributed by atoms with van der Waals surface area (Å²) >= 11 is 0. The van der Waals surface area contributed by atoms with Gasteiger partial charge in [-0.2, -0.15) is 0 Å². The van der Waals surface area contributed by atoms with Crippen molar-refractivity contribution in [2.45, 2.75) is 155 Å². The van der Waals surface area contributed by atoms with Crippen LogP contribution in [0.1, 0.15) is 149 Å². The summed E-state index contributed by atoms with van der Waals surface area (Å²) in [7, 11) is 0. The maximum absolute atomic E-state index is 6.09. The first kappa shape index (κ1) is 28.9. The fraction of sp³-hybridized carbons (Fsp3) is 1.00. The van der Waals surface area contributed by atoms with Crippen LogP contribution in [-0.4, -0.2) is 30.6 Å². The van der Waals surface area contributed by atoms with Crippen LogP contribution in [0.25, 0.3) is 0 Å². The van der Waals surface area contributed by atoms with E-state index < -0.39 is 0 Å². The van der Waals surface area contributed by atoms with E-state index in [1.165, 1.54) is 142 Å². The van der Waals surface area contributed by atoms with Crippen molar-refractivity contribution in [3.05, 3.63) is 0 Å².